The van der Waals surface area contributed by atoms with Crippen LogP contribution in [-0.4, -0.2) is 36.5 Å². The fourth-order valence-corrected chi connectivity index (χ4v) is 3.19. The lowest BCUT2D eigenvalue weighted by molar-refractivity contribution is -0.141. The van der Waals surface area contributed by atoms with Crippen LogP contribution in [0.4, 0.5) is 5.69 Å². The number of nitrogens with one attached hydrogen (secondary N) is 1. The number of hydrogen-bond donors (Lipinski definition) is 2. The summed E-state index contributed by atoms with van der Waals surface area (Å²) >= 11 is 7.98. The van der Waals surface area contributed by atoms with E-state index in [-0.39, 0.29) is 11.7 Å². The van der Waals surface area contributed by atoms with Crippen molar-refractivity contribution in [1.29, 1.82) is 0 Å². The maximum Gasteiger partial charge on any atom is 0.323 e. The van der Waals surface area contributed by atoms with E-state index in [0.717, 1.165) is 8.95 Å². The van der Waals surface area contributed by atoms with Crippen molar-refractivity contribution < 1.29 is 14.3 Å². The number of hydrogen-bond acceptors (Lipinski definition) is 5. The summed E-state index contributed by atoms with van der Waals surface area (Å²) in [5.41, 5.74) is 6.26. The first-order valence-corrected chi connectivity index (χ1v) is 8.34. The van der Waals surface area contributed by atoms with E-state index in [4.69, 9.17) is 5.73 Å². The standard InChI is InChI=1S/C12H14Br2N2O3S/c1-19-12(18)9(15)5-20-6-11(17)16-10-3-2-7(13)4-8(10)14/h2-4,9H,5-6,15H2,1H3,(H,16,17). The Bertz CT molecular complexity index is 500. The third-order valence-electron chi connectivity index (χ3n) is 2.24. The molecule has 1 atom stereocenters. The fourth-order valence-electron chi connectivity index (χ4n) is 1.28. The van der Waals surface area contributed by atoms with Crippen LogP contribution in [0.1, 0.15) is 0 Å². The number of nitrogens with two attached hydrogens (primary N) is 1. The van der Waals surface area contributed by atoms with Crippen LogP contribution in [0, 0.1) is 0 Å². The summed E-state index contributed by atoms with van der Waals surface area (Å²) in [7, 11) is 1.28. The van der Waals surface area contributed by atoms with Gasteiger partial charge in [0.1, 0.15) is 6.04 Å². The molecule has 110 valence electrons. The number of carbonyl (C=O) groups excluding carboxylic acids is 2. The van der Waals surface area contributed by atoms with Crippen molar-refractivity contribution in [2.75, 3.05) is 23.9 Å². The summed E-state index contributed by atoms with van der Waals surface area (Å²) < 4.78 is 6.21. The lowest BCUT2D eigenvalue weighted by atomic mass is 10.3. The molecule has 1 aromatic rings. The van der Waals surface area contributed by atoms with Gasteiger partial charge in [0.2, 0.25) is 5.91 Å². The molecule has 5 nitrogen and oxygen atoms in total. The molecule has 1 unspecified atom stereocenters. The van der Waals surface area contributed by atoms with Gasteiger partial charge in [-0.15, -0.1) is 11.8 Å². The van der Waals surface area contributed by atoms with Gasteiger partial charge in [-0.25, -0.2) is 0 Å². The minimum atomic E-state index is -0.711. The first kappa shape index (κ1) is 17.5. The zero-order chi connectivity index (χ0) is 15.1. The maximum atomic E-state index is 11.7. The molecule has 20 heavy (non-hydrogen) atoms. The van der Waals surface area contributed by atoms with Gasteiger partial charge >= 0.3 is 5.97 Å². The molecule has 3 N–H and O–H groups in total. The number of ether oxygens (including phenoxy) is 1. The van der Waals surface area contributed by atoms with Gasteiger partial charge in [0.15, 0.2) is 0 Å². The Hall–Kier alpha value is -0.570. The van der Waals surface area contributed by atoms with Crippen molar-refractivity contribution in [3.05, 3.63) is 27.1 Å². The van der Waals surface area contributed by atoms with Crippen LogP contribution in [-0.2, 0) is 14.3 Å². The lowest BCUT2D eigenvalue weighted by Crippen LogP contribution is -2.34. The smallest absolute Gasteiger partial charge is 0.323 e. The normalized spacial score (nSPS) is 11.8. The molecule has 1 amide bonds. The number of rotatable bonds is 6. The molecule has 1 rings (SSSR count). The average Bonchev–Trinajstić information content (AvgIpc) is 2.41. The molecule has 0 bridgehead atoms. The highest BCUT2D eigenvalue weighted by molar-refractivity contribution is 9.11. The lowest BCUT2D eigenvalue weighted by Gasteiger charge is -2.10. The van der Waals surface area contributed by atoms with E-state index >= 15 is 0 Å². The van der Waals surface area contributed by atoms with Crippen LogP contribution >= 0.6 is 43.6 Å². The summed E-state index contributed by atoms with van der Waals surface area (Å²) in [6.07, 6.45) is 0. The van der Waals surface area contributed by atoms with E-state index in [0.29, 0.717) is 11.4 Å². The number of amides is 1. The van der Waals surface area contributed by atoms with Crippen molar-refractivity contribution in [2.24, 2.45) is 5.73 Å². The third-order valence-corrected chi connectivity index (χ3v) is 4.45. The van der Waals surface area contributed by atoms with E-state index < -0.39 is 12.0 Å². The van der Waals surface area contributed by atoms with Gasteiger partial charge in [0, 0.05) is 14.7 Å². The van der Waals surface area contributed by atoms with Crippen LogP contribution < -0.4 is 11.1 Å². The Morgan fingerprint density at radius 2 is 2.15 bits per heavy atom. The molecule has 1 aromatic carbocycles. The SMILES string of the molecule is COC(=O)C(N)CSCC(=O)Nc1ccc(Br)cc1Br. The number of esters is 1. The molecule has 0 aliphatic rings. The number of benzene rings is 1. The second kappa shape index (κ2) is 8.66. The number of methoxy groups -OCH3 is 1. The first-order valence-electron chi connectivity index (χ1n) is 5.60. The summed E-state index contributed by atoms with van der Waals surface area (Å²) in [6, 6.07) is 4.75. The fraction of sp³-hybridized carbons (Fsp3) is 0.333. The minimum absolute atomic E-state index is 0.157. The first-order chi connectivity index (χ1) is 9.43. The molecule has 0 saturated carbocycles. The topological polar surface area (TPSA) is 81.4 Å². The van der Waals surface area contributed by atoms with Gasteiger partial charge in [-0.05, 0) is 34.1 Å². The summed E-state index contributed by atoms with van der Waals surface area (Å²) in [6.45, 7) is 0. The molecule has 0 spiro atoms. The molecular formula is C12H14Br2N2O3S. The molecule has 0 aromatic heterocycles. The van der Waals surface area contributed by atoms with Crippen molar-refractivity contribution >= 4 is 61.2 Å². The number of halogens is 2. The maximum absolute atomic E-state index is 11.7. The Labute approximate surface area is 138 Å². The van der Waals surface area contributed by atoms with Gasteiger partial charge < -0.3 is 15.8 Å². The minimum Gasteiger partial charge on any atom is -0.468 e. The van der Waals surface area contributed by atoms with E-state index in [1.807, 2.05) is 12.1 Å². The van der Waals surface area contributed by atoms with E-state index in [1.165, 1.54) is 18.9 Å². The summed E-state index contributed by atoms with van der Waals surface area (Å²) in [4.78, 5) is 22.8. The zero-order valence-corrected chi connectivity index (χ0v) is 14.7. The zero-order valence-electron chi connectivity index (χ0n) is 10.7. The van der Waals surface area contributed by atoms with Crippen LogP contribution in [0.25, 0.3) is 0 Å². The molecular weight excluding hydrogens is 412 g/mol. The van der Waals surface area contributed by atoms with Crippen molar-refractivity contribution in [2.45, 2.75) is 6.04 Å². The van der Waals surface area contributed by atoms with Gasteiger partial charge in [-0.3, -0.25) is 9.59 Å². The second-order valence-corrected chi connectivity index (χ2v) is 6.62. The third kappa shape index (κ3) is 5.82. The Balaban J connectivity index is 2.39. The largest absolute Gasteiger partial charge is 0.468 e. The van der Waals surface area contributed by atoms with Crippen molar-refractivity contribution in [1.82, 2.24) is 0 Å². The molecule has 0 radical (unpaired) electrons. The van der Waals surface area contributed by atoms with Crippen LogP contribution in [0.3, 0.4) is 0 Å². The van der Waals surface area contributed by atoms with Gasteiger partial charge in [0.05, 0.1) is 18.6 Å². The second-order valence-electron chi connectivity index (χ2n) is 3.82. The predicted octanol–water partition coefficient (Wildman–Crippen LogP) is 2.38. The molecule has 0 aliphatic carbocycles. The average molecular weight is 426 g/mol. The summed E-state index contributed by atoms with van der Waals surface area (Å²) in [5.74, 6) is -0.0851. The quantitative estimate of drug-likeness (QED) is 0.683. The van der Waals surface area contributed by atoms with Gasteiger partial charge in [0.25, 0.3) is 0 Å². The van der Waals surface area contributed by atoms with Gasteiger partial charge in [-0.2, -0.15) is 0 Å². The van der Waals surface area contributed by atoms with Crippen LogP contribution in [0.2, 0.25) is 0 Å². The monoisotopic (exact) mass is 424 g/mol. The number of anilines is 1. The Morgan fingerprint density at radius 1 is 1.45 bits per heavy atom. The van der Waals surface area contributed by atoms with Crippen LogP contribution in [0.5, 0.6) is 0 Å². The number of carbonyl (C=O) groups is 2. The highest BCUT2D eigenvalue weighted by Crippen LogP contribution is 2.26. The van der Waals surface area contributed by atoms with Gasteiger partial charge in [-0.1, -0.05) is 15.9 Å². The molecule has 0 fully saturated rings. The highest BCUT2D eigenvalue weighted by atomic mass is 79.9. The number of thioether (sulfide) groups is 1. The van der Waals surface area contributed by atoms with Crippen LogP contribution in [0.15, 0.2) is 27.1 Å². The highest BCUT2D eigenvalue weighted by Gasteiger charge is 2.14. The molecule has 0 saturated heterocycles. The predicted molar refractivity (Wildman–Crippen MR) is 87.8 cm³/mol. The van der Waals surface area contributed by atoms with E-state index in [9.17, 15) is 9.59 Å². The van der Waals surface area contributed by atoms with Crippen molar-refractivity contribution in [3.63, 3.8) is 0 Å². The Morgan fingerprint density at radius 3 is 2.75 bits per heavy atom. The molecule has 0 aliphatic heterocycles. The summed E-state index contributed by atoms with van der Waals surface area (Å²) in [5, 5.41) is 2.77. The van der Waals surface area contributed by atoms with E-state index in [2.05, 4.69) is 41.9 Å². The van der Waals surface area contributed by atoms with Crippen molar-refractivity contribution in [3.8, 4) is 0 Å². The Kier molecular flexibility index (Phi) is 7.57. The van der Waals surface area contributed by atoms with E-state index in [1.54, 1.807) is 6.07 Å². The molecule has 8 heteroatoms. The molecule has 0 heterocycles.